The molecule has 5 heteroatoms. The van der Waals surface area contributed by atoms with Crippen LogP contribution in [0.15, 0.2) is 36.4 Å². The molecule has 1 aromatic heterocycles. The zero-order chi connectivity index (χ0) is 13.7. The number of carbonyl (C=O) groups excluding carboxylic acids is 1. The summed E-state index contributed by atoms with van der Waals surface area (Å²) in [5, 5.41) is 15.8. The van der Waals surface area contributed by atoms with Gasteiger partial charge in [0, 0.05) is 18.8 Å². The molecule has 2 N–H and O–H groups in total. The smallest absolute Gasteiger partial charge is 0.274 e. The van der Waals surface area contributed by atoms with Crippen LogP contribution in [0.2, 0.25) is 0 Å². The quantitative estimate of drug-likeness (QED) is 0.851. The fraction of sp³-hybridized carbons (Fsp3) is 0.286. The molecule has 0 aliphatic carbocycles. The molecular weight excluding hydrogens is 242 g/mol. The average molecular weight is 259 g/mol. The van der Waals surface area contributed by atoms with Crippen LogP contribution in [0.3, 0.4) is 0 Å². The minimum absolute atomic E-state index is 0.0675. The minimum atomic E-state index is -0.178. The summed E-state index contributed by atoms with van der Waals surface area (Å²) in [5.41, 5.74) is 2.24. The molecule has 2 aromatic rings. The Kier molecular flexibility index (Phi) is 4.30. The number of aliphatic hydroxyl groups is 1. The van der Waals surface area contributed by atoms with Crippen molar-refractivity contribution in [2.24, 2.45) is 0 Å². The lowest BCUT2D eigenvalue weighted by molar-refractivity contribution is 0.0702. The maximum atomic E-state index is 12.3. The van der Waals surface area contributed by atoms with Gasteiger partial charge in [0.1, 0.15) is 5.69 Å². The Hall–Kier alpha value is -2.14. The Bertz CT molecular complexity index is 537. The number of hydrogen-bond donors (Lipinski definition) is 2. The van der Waals surface area contributed by atoms with E-state index >= 15 is 0 Å². The maximum absolute atomic E-state index is 12.3. The number of carbonyl (C=O) groups is 1. The van der Waals surface area contributed by atoms with Gasteiger partial charge in [-0.2, -0.15) is 5.10 Å². The second-order valence-corrected chi connectivity index (χ2v) is 4.37. The molecule has 1 heterocycles. The number of hydrogen-bond acceptors (Lipinski definition) is 3. The largest absolute Gasteiger partial charge is 0.395 e. The normalized spacial score (nSPS) is 10.4. The molecule has 0 bridgehead atoms. The van der Waals surface area contributed by atoms with Crippen molar-refractivity contribution in [3.05, 3.63) is 53.3 Å². The van der Waals surface area contributed by atoms with Gasteiger partial charge in [0.05, 0.1) is 6.61 Å². The van der Waals surface area contributed by atoms with Gasteiger partial charge in [0.25, 0.3) is 5.91 Å². The molecule has 100 valence electrons. The van der Waals surface area contributed by atoms with Crippen molar-refractivity contribution in [3.8, 4) is 0 Å². The third-order valence-electron chi connectivity index (χ3n) is 2.80. The van der Waals surface area contributed by atoms with Crippen LogP contribution < -0.4 is 0 Å². The standard InChI is InChI=1S/C14H17N3O2/c1-11-9-13(16-15-11)14(19)17(7-8-18)10-12-5-3-2-4-6-12/h2-6,9,18H,7-8,10H2,1H3,(H,15,16). The number of amides is 1. The van der Waals surface area contributed by atoms with Crippen molar-refractivity contribution in [3.63, 3.8) is 0 Å². The fourth-order valence-electron chi connectivity index (χ4n) is 1.87. The van der Waals surface area contributed by atoms with Crippen molar-refractivity contribution < 1.29 is 9.90 Å². The third-order valence-corrected chi connectivity index (χ3v) is 2.80. The van der Waals surface area contributed by atoms with Gasteiger partial charge in [-0.25, -0.2) is 0 Å². The zero-order valence-corrected chi connectivity index (χ0v) is 10.8. The van der Waals surface area contributed by atoms with E-state index < -0.39 is 0 Å². The average Bonchev–Trinajstić information content (AvgIpc) is 2.85. The Labute approximate surface area is 111 Å². The number of nitrogens with one attached hydrogen (secondary N) is 1. The summed E-state index contributed by atoms with van der Waals surface area (Å²) in [4.78, 5) is 13.9. The summed E-state index contributed by atoms with van der Waals surface area (Å²) < 4.78 is 0. The molecule has 1 aromatic carbocycles. The van der Waals surface area contributed by atoms with Crippen LogP contribution in [0, 0.1) is 6.92 Å². The van der Waals surface area contributed by atoms with Crippen LogP contribution in [0.1, 0.15) is 21.7 Å². The predicted molar refractivity (Wildman–Crippen MR) is 71.6 cm³/mol. The van der Waals surface area contributed by atoms with Gasteiger partial charge in [-0.15, -0.1) is 0 Å². The van der Waals surface area contributed by atoms with Crippen LogP contribution in [0.5, 0.6) is 0 Å². The summed E-state index contributed by atoms with van der Waals surface area (Å²) >= 11 is 0. The maximum Gasteiger partial charge on any atom is 0.274 e. The van der Waals surface area contributed by atoms with Crippen molar-refractivity contribution in [1.82, 2.24) is 15.1 Å². The molecule has 0 saturated heterocycles. The third kappa shape index (κ3) is 3.42. The zero-order valence-electron chi connectivity index (χ0n) is 10.8. The molecule has 19 heavy (non-hydrogen) atoms. The molecule has 0 radical (unpaired) electrons. The van der Waals surface area contributed by atoms with E-state index in [0.29, 0.717) is 18.8 Å². The molecule has 0 aliphatic heterocycles. The molecule has 0 fully saturated rings. The number of aryl methyl sites for hydroxylation is 1. The molecule has 5 nitrogen and oxygen atoms in total. The number of benzene rings is 1. The van der Waals surface area contributed by atoms with E-state index in [4.69, 9.17) is 5.11 Å². The van der Waals surface area contributed by atoms with Crippen LogP contribution in [-0.2, 0) is 6.54 Å². The lowest BCUT2D eigenvalue weighted by Crippen LogP contribution is -2.33. The molecule has 0 aliphatic rings. The Morgan fingerprint density at radius 3 is 2.68 bits per heavy atom. The van der Waals surface area contributed by atoms with Crippen LogP contribution in [0.4, 0.5) is 0 Å². The van der Waals surface area contributed by atoms with Crippen molar-refractivity contribution >= 4 is 5.91 Å². The highest BCUT2D eigenvalue weighted by atomic mass is 16.3. The van der Waals surface area contributed by atoms with E-state index in [1.807, 2.05) is 37.3 Å². The summed E-state index contributed by atoms with van der Waals surface area (Å²) in [5.74, 6) is -0.178. The number of aliphatic hydroxyl groups excluding tert-OH is 1. The molecule has 0 atom stereocenters. The van der Waals surface area contributed by atoms with E-state index in [1.54, 1.807) is 11.0 Å². The van der Waals surface area contributed by atoms with Crippen LogP contribution >= 0.6 is 0 Å². The second kappa shape index (κ2) is 6.15. The summed E-state index contributed by atoms with van der Waals surface area (Å²) in [6.45, 7) is 2.53. The van der Waals surface area contributed by atoms with Gasteiger partial charge >= 0.3 is 0 Å². The van der Waals surface area contributed by atoms with Gasteiger partial charge in [0.2, 0.25) is 0 Å². The highest BCUT2D eigenvalue weighted by Crippen LogP contribution is 2.09. The van der Waals surface area contributed by atoms with Gasteiger partial charge in [-0.1, -0.05) is 30.3 Å². The van der Waals surface area contributed by atoms with Gasteiger partial charge in [-0.05, 0) is 18.6 Å². The summed E-state index contributed by atoms with van der Waals surface area (Å²) in [6, 6.07) is 11.4. The van der Waals surface area contributed by atoms with E-state index in [-0.39, 0.29) is 12.5 Å². The first kappa shape index (κ1) is 13.3. The number of aromatic nitrogens is 2. The summed E-state index contributed by atoms with van der Waals surface area (Å²) in [6.07, 6.45) is 0. The van der Waals surface area contributed by atoms with Crippen molar-refractivity contribution in [1.29, 1.82) is 0 Å². The summed E-state index contributed by atoms with van der Waals surface area (Å²) in [7, 11) is 0. The van der Waals surface area contributed by atoms with E-state index in [1.165, 1.54) is 0 Å². The lowest BCUT2D eigenvalue weighted by Gasteiger charge is -2.20. The molecule has 1 amide bonds. The number of nitrogens with zero attached hydrogens (tertiary/aromatic N) is 2. The van der Waals surface area contributed by atoms with E-state index in [0.717, 1.165) is 11.3 Å². The fourth-order valence-corrected chi connectivity index (χ4v) is 1.87. The first-order valence-electron chi connectivity index (χ1n) is 6.17. The first-order chi connectivity index (χ1) is 9.20. The van der Waals surface area contributed by atoms with Gasteiger partial charge < -0.3 is 10.0 Å². The number of H-pyrrole nitrogens is 1. The highest BCUT2D eigenvalue weighted by Gasteiger charge is 2.18. The monoisotopic (exact) mass is 259 g/mol. The predicted octanol–water partition coefficient (Wildman–Crippen LogP) is 1.35. The second-order valence-electron chi connectivity index (χ2n) is 4.37. The molecule has 0 unspecified atom stereocenters. The Morgan fingerprint density at radius 2 is 2.11 bits per heavy atom. The number of aromatic amines is 1. The topological polar surface area (TPSA) is 69.2 Å². The highest BCUT2D eigenvalue weighted by molar-refractivity contribution is 5.92. The van der Waals surface area contributed by atoms with E-state index in [2.05, 4.69) is 10.2 Å². The van der Waals surface area contributed by atoms with E-state index in [9.17, 15) is 4.79 Å². The SMILES string of the molecule is Cc1cc(C(=O)N(CCO)Cc2ccccc2)n[nH]1. The molecule has 0 saturated carbocycles. The van der Waals surface area contributed by atoms with Crippen LogP contribution in [-0.4, -0.2) is 39.3 Å². The minimum Gasteiger partial charge on any atom is -0.395 e. The Balaban J connectivity index is 2.13. The first-order valence-corrected chi connectivity index (χ1v) is 6.17. The van der Waals surface area contributed by atoms with Gasteiger partial charge in [-0.3, -0.25) is 9.89 Å². The van der Waals surface area contributed by atoms with Crippen molar-refractivity contribution in [2.45, 2.75) is 13.5 Å². The molecule has 0 spiro atoms. The number of rotatable bonds is 5. The molecule has 2 rings (SSSR count). The molecular formula is C14H17N3O2. The Morgan fingerprint density at radius 1 is 1.37 bits per heavy atom. The van der Waals surface area contributed by atoms with Crippen molar-refractivity contribution in [2.75, 3.05) is 13.2 Å². The van der Waals surface area contributed by atoms with Gasteiger partial charge in [0.15, 0.2) is 0 Å². The van der Waals surface area contributed by atoms with Crippen LogP contribution in [0.25, 0.3) is 0 Å². The lowest BCUT2D eigenvalue weighted by atomic mass is 10.2.